The molecule has 0 aliphatic heterocycles. The van der Waals surface area contributed by atoms with Crippen molar-refractivity contribution in [2.75, 3.05) is 0 Å². The molecule has 0 aliphatic rings. The Labute approximate surface area is 160 Å². The lowest BCUT2D eigenvalue weighted by atomic mass is 9.96. The van der Waals surface area contributed by atoms with Crippen LogP contribution in [0, 0.1) is 0 Å². The summed E-state index contributed by atoms with van der Waals surface area (Å²) >= 11 is 19.2. The van der Waals surface area contributed by atoms with Crippen molar-refractivity contribution >= 4 is 45.6 Å². The van der Waals surface area contributed by atoms with Gasteiger partial charge in [0.25, 0.3) is 0 Å². The monoisotopic (exact) mass is 383 g/mol. The largest absolute Gasteiger partial charge is 0.255 e. The molecule has 0 radical (unpaired) electrons. The summed E-state index contributed by atoms with van der Waals surface area (Å²) in [7, 11) is 0. The molecule has 0 saturated carbocycles. The standard InChI is InChI=1S/C21H12Cl3N/c22-17-8-2-1-5-15(17)13-6-3-7-16-14(13)11-12-25-21(16)20-18(23)9-4-10-19(20)24/h1-12H. The Bertz CT molecular complexity index is 1070. The van der Waals surface area contributed by atoms with E-state index in [1.54, 1.807) is 6.20 Å². The van der Waals surface area contributed by atoms with Crippen molar-refractivity contribution in [3.05, 3.63) is 88.0 Å². The second-order valence-corrected chi connectivity index (χ2v) is 6.86. The smallest absolute Gasteiger partial charge is 0.0810 e. The zero-order valence-electron chi connectivity index (χ0n) is 13.0. The quantitative estimate of drug-likeness (QED) is 0.348. The van der Waals surface area contributed by atoms with E-state index >= 15 is 0 Å². The molecule has 1 nitrogen and oxygen atoms in total. The van der Waals surface area contributed by atoms with Gasteiger partial charge in [0.1, 0.15) is 0 Å². The molecule has 122 valence electrons. The maximum Gasteiger partial charge on any atom is 0.0810 e. The summed E-state index contributed by atoms with van der Waals surface area (Å²) in [6.45, 7) is 0. The van der Waals surface area contributed by atoms with E-state index < -0.39 is 0 Å². The summed E-state index contributed by atoms with van der Waals surface area (Å²) in [4.78, 5) is 4.55. The summed E-state index contributed by atoms with van der Waals surface area (Å²) in [5, 5.41) is 3.90. The molecule has 0 spiro atoms. The first kappa shape index (κ1) is 16.4. The second kappa shape index (κ2) is 6.68. The lowest BCUT2D eigenvalue weighted by Gasteiger charge is -2.13. The fraction of sp³-hybridized carbons (Fsp3) is 0. The van der Waals surface area contributed by atoms with Crippen molar-refractivity contribution in [3.63, 3.8) is 0 Å². The van der Waals surface area contributed by atoms with E-state index in [1.807, 2.05) is 60.7 Å². The minimum absolute atomic E-state index is 0.579. The molecule has 3 aromatic carbocycles. The van der Waals surface area contributed by atoms with Gasteiger partial charge in [0, 0.05) is 27.7 Å². The van der Waals surface area contributed by atoms with Gasteiger partial charge in [0.2, 0.25) is 0 Å². The molecule has 0 unspecified atom stereocenters. The van der Waals surface area contributed by atoms with Gasteiger partial charge in [-0.05, 0) is 35.2 Å². The van der Waals surface area contributed by atoms with Gasteiger partial charge in [-0.25, -0.2) is 0 Å². The minimum atomic E-state index is 0.579. The molecule has 0 atom stereocenters. The summed E-state index contributed by atoms with van der Waals surface area (Å²) in [5.74, 6) is 0. The van der Waals surface area contributed by atoms with Gasteiger partial charge in [0.05, 0.1) is 15.7 Å². The number of nitrogens with zero attached hydrogens (tertiary/aromatic N) is 1. The van der Waals surface area contributed by atoms with Crippen LogP contribution in [0.25, 0.3) is 33.2 Å². The summed E-state index contributed by atoms with van der Waals surface area (Å²) in [5.41, 5.74) is 3.54. The van der Waals surface area contributed by atoms with Crippen LogP contribution in [0.2, 0.25) is 15.1 Å². The molecule has 0 bridgehead atoms. The topological polar surface area (TPSA) is 12.9 Å². The normalized spacial score (nSPS) is 11.0. The Morgan fingerprint density at radius 1 is 0.560 bits per heavy atom. The number of hydrogen-bond acceptors (Lipinski definition) is 1. The highest BCUT2D eigenvalue weighted by molar-refractivity contribution is 6.39. The number of aromatic nitrogens is 1. The van der Waals surface area contributed by atoms with Gasteiger partial charge in [-0.1, -0.05) is 77.3 Å². The lowest BCUT2D eigenvalue weighted by molar-refractivity contribution is 1.36. The second-order valence-electron chi connectivity index (χ2n) is 5.64. The molecule has 4 heteroatoms. The van der Waals surface area contributed by atoms with Crippen molar-refractivity contribution in [3.8, 4) is 22.4 Å². The molecule has 0 aliphatic carbocycles. The van der Waals surface area contributed by atoms with Crippen molar-refractivity contribution in [2.45, 2.75) is 0 Å². The Hall–Kier alpha value is -2.06. The first-order valence-corrected chi connectivity index (χ1v) is 8.87. The summed E-state index contributed by atoms with van der Waals surface area (Å²) < 4.78 is 0. The van der Waals surface area contributed by atoms with Crippen LogP contribution in [0.1, 0.15) is 0 Å². The van der Waals surface area contributed by atoms with Crippen LogP contribution in [0.5, 0.6) is 0 Å². The van der Waals surface area contributed by atoms with Crippen LogP contribution < -0.4 is 0 Å². The van der Waals surface area contributed by atoms with E-state index in [9.17, 15) is 0 Å². The Balaban J connectivity index is 2.05. The number of hydrogen-bond donors (Lipinski definition) is 0. The van der Waals surface area contributed by atoms with Gasteiger partial charge in [-0.15, -0.1) is 0 Å². The van der Waals surface area contributed by atoms with Crippen molar-refractivity contribution in [1.82, 2.24) is 4.98 Å². The van der Waals surface area contributed by atoms with Crippen LogP contribution in [-0.4, -0.2) is 4.98 Å². The highest BCUT2D eigenvalue weighted by atomic mass is 35.5. The van der Waals surface area contributed by atoms with E-state index in [2.05, 4.69) is 11.1 Å². The molecule has 4 rings (SSSR count). The molecule has 4 aromatic rings. The molecule has 25 heavy (non-hydrogen) atoms. The molecule has 1 heterocycles. The number of rotatable bonds is 2. The average molecular weight is 385 g/mol. The average Bonchev–Trinajstić information content (AvgIpc) is 2.62. The maximum absolute atomic E-state index is 6.41. The van der Waals surface area contributed by atoms with Crippen LogP contribution in [-0.2, 0) is 0 Å². The third-order valence-corrected chi connectivity index (χ3v) is 5.13. The van der Waals surface area contributed by atoms with Gasteiger partial charge >= 0.3 is 0 Å². The predicted molar refractivity (Wildman–Crippen MR) is 108 cm³/mol. The van der Waals surface area contributed by atoms with E-state index in [-0.39, 0.29) is 0 Å². The summed E-state index contributed by atoms with van der Waals surface area (Å²) in [6, 6.07) is 21.3. The SMILES string of the molecule is Clc1ccccc1-c1cccc2c(-c3c(Cl)cccc3Cl)nccc12. The molecular weight excluding hydrogens is 373 g/mol. The third kappa shape index (κ3) is 2.89. The zero-order chi connectivity index (χ0) is 17.4. The van der Waals surface area contributed by atoms with E-state index in [0.717, 1.165) is 33.2 Å². The number of halogens is 3. The maximum atomic E-state index is 6.41. The molecule has 0 amide bonds. The van der Waals surface area contributed by atoms with Crippen LogP contribution >= 0.6 is 34.8 Å². The molecule has 0 N–H and O–H groups in total. The van der Waals surface area contributed by atoms with Gasteiger partial charge in [-0.3, -0.25) is 4.98 Å². The van der Waals surface area contributed by atoms with Gasteiger partial charge in [-0.2, -0.15) is 0 Å². The highest BCUT2D eigenvalue weighted by Crippen LogP contribution is 2.40. The number of fused-ring (bicyclic) bond motifs is 1. The minimum Gasteiger partial charge on any atom is -0.255 e. The molecule has 0 saturated heterocycles. The van der Waals surface area contributed by atoms with Crippen LogP contribution in [0.4, 0.5) is 0 Å². The predicted octanol–water partition coefficient (Wildman–Crippen LogP) is 7.53. The highest BCUT2D eigenvalue weighted by Gasteiger charge is 2.15. The van der Waals surface area contributed by atoms with Crippen molar-refractivity contribution in [2.24, 2.45) is 0 Å². The van der Waals surface area contributed by atoms with Crippen molar-refractivity contribution < 1.29 is 0 Å². The van der Waals surface area contributed by atoms with Gasteiger partial charge in [0.15, 0.2) is 0 Å². The first-order chi connectivity index (χ1) is 12.2. The van der Waals surface area contributed by atoms with E-state index in [4.69, 9.17) is 34.8 Å². The molecular formula is C21H12Cl3N. The van der Waals surface area contributed by atoms with Crippen LogP contribution in [0.3, 0.4) is 0 Å². The first-order valence-electron chi connectivity index (χ1n) is 7.74. The fourth-order valence-corrected chi connectivity index (χ4v) is 3.86. The fourth-order valence-electron chi connectivity index (χ4n) is 3.04. The zero-order valence-corrected chi connectivity index (χ0v) is 15.3. The summed E-state index contributed by atoms with van der Waals surface area (Å²) in [6.07, 6.45) is 1.78. The number of pyridine rings is 1. The van der Waals surface area contributed by atoms with Crippen molar-refractivity contribution in [1.29, 1.82) is 0 Å². The van der Waals surface area contributed by atoms with Gasteiger partial charge < -0.3 is 0 Å². The Kier molecular flexibility index (Phi) is 4.39. The van der Waals surface area contributed by atoms with E-state index in [0.29, 0.717) is 15.1 Å². The van der Waals surface area contributed by atoms with E-state index in [1.165, 1.54) is 0 Å². The lowest BCUT2D eigenvalue weighted by Crippen LogP contribution is -1.90. The molecule has 0 fully saturated rings. The Morgan fingerprint density at radius 2 is 1.20 bits per heavy atom. The number of benzene rings is 3. The Morgan fingerprint density at radius 3 is 1.96 bits per heavy atom. The molecule has 1 aromatic heterocycles. The third-order valence-electron chi connectivity index (χ3n) is 4.17. The van der Waals surface area contributed by atoms with Crippen LogP contribution in [0.15, 0.2) is 72.9 Å².